The monoisotopic (exact) mass is 246 g/mol. The third-order valence-electron chi connectivity index (χ3n) is 3.98. The number of nitrogens with one attached hydrogen (secondary N) is 1. The number of piperidine rings is 1. The number of nitrogens with zero attached hydrogens (tertiary/aromatic N) is 1. The van der Waals surface area contributed by atoms with Gasteiger partial charge in [-0.05, 0) is 32.4 Å². The summed E-state index contributed by atoms with van der Waals surface area (Å²) in [5.41, 5.74) is -0.0456. The number of allylic oxidation sites excluding steroid dienone is 4. The number of likely N-dealkylation sites (tertiary alicyclic amines) is 1. The summed E-state index contributed by atoms with van der Waals surface area (Å²) in [6, 6.07) is 0. The molecule has 2 aliphatic heterocycles. The Hall–Kier alpha value is -1.35. The van der Waals surface area contributed by atoms with Crippen LogP contribution in [0.15, 0.2) is 37.0 Å². The predicted molar refractivity (Wildman–Crippen MR) is 74.2 cm³/mol. The first-order chi connectivity index (χ1) is 8.78. The van der Waals surface area contributed by atoms with E-state index in [0.717, 1.165) is 45.4 Å². The molecule has 18 heavy (non-hydrogen) atoms. The predicted octanol–water partition coefficient (Wildman–Crippen LogP) is 1.89. The zero-order valence-electron chi connectivity index (χ0n) is 10.9. The van der Waals surface area contributed by atoms with E-state index in [1.54, 1.807) is 6.08 Å². The van der Waals surface area contributed by atoms with E-state index >= 15 is 0 Å². The highest BCUT2D eigenvalue weighted by Gasteiger charge is 2.46. The molecular weight excluding hydrogens is 224 g/mol. The zero-order valence-corrected chi connectivity index (χ0v) is 10.9. The summed E-state index contributed by atoms with van der Waals surface area (Å²) in [6.07, 6.45) is 12.6. The number of rotatable bonds is 4. The smallest absolute Gasteiger partial charge is 0.229 e. The lowest BCUT2D eigenvalue weighted by Gasteiger charge is -2.31. The average molecular weight is 246 g/mol. The SMILES string of the molecule is C=C/C=C\C=C\CN1CCC2(CCNCC2)C1=O. The van der Waals surface area contributed by atoms with Gasteiger partial charge in [0.05, 0.1) is 5.41 Å². The second-order valence-corrected chi connectivity index (χ2v) is 5.08. The van der Waals surface area contributed by atoms with Gasteiger partial charge in [-0.1, -0.05) is 37.0 Å². The first-order valence-corrected chi connectivity index (χ1v) is 6.73. The quantitative estimate of drug-likeness (QED) is 0.768. The Morgan fingerprint density at radius 2 is 2.00 bits per heavy atom. The maximum atomic E-state index is 12.4. The Kier molecular flexibility index (Phi) is 4.37. The third kappa shape index (κ3) is 2.72. The van der Waals surface area contributed by atoms with Crippen LogP contribution in [0.5, 0.6) is 0 Å². The Morgan fingerprint density at radius 3 is 2.72 bits per heavy atom. The van der Waals surface area contributed by atoms with Gasteiger partial charge in [-0.25, -0.2) is 0 Å². The van der Waals surface area contributed by atoms with Crippen LogP contribution in [0.25, 0.3) is 0 Å². The van der Waals surface area contributed by atoms with Crippen molar-refractivity contribution in [1.82, 2.24) is 10.2 Å². The van der Waals surface area contributed by atoms with E-state index in [0.29, 0.717) is 5.91 Å². The molecule has 3 heteroatoms. The van der Waals surface area contributed by atoms with Crippen LogP contribution in [-0.2, 0) is 4.79 Å². The zero-order chi connectivity index (χ0) is 12.8. The molecule has 0 aromatic carbocycles. The number of hydrogen-bond donors (Lipinski definition) is 1. The summed E-state index contributed by atoms with van der Waals surface area (Å²) in [5.74, 6) is 0.362. The summed E-state index contributed by atoms with van der Waals surface area (Å²) >= 11 is 0. The molecule has 0 aliphatic carbocycles. The van der Waals surface area contributed by atoms with Gasteiger partial charge in [-0.15, -0.1) is 0 Å². The van der Waals surface area contributed by atoms with Gasteiger partial charge < -0.3 is 10.2 Å². The molecule has 0 radical (unpaired) electrons. The van der Waals surface area contributed by atoms with Crippen molar-refractivity contribution in [3.8, 4) is 0 Å². The molecule has 2 saturated heterocycles. The topological polar surface area (TPSA) is 32.3 Å². The van der Waals surface area contributed by atoms with Gasteiger partial charge >= 0.3 is 0 Å². The lowest BCUT2D eigenvalue weighted by atomic mass is 9.78. The average Bonchev–Trinajstić information content (AvgIpc) is 2.69. The third-order valence-corrected chi connectivity index (χ3v) is 3.98. The molecule has 3 nitrogen and oxygen atoms in total. The molecule has 0 aromatic heterocycles. The fraction of sp³-hybridized carbons (Fsp3) is 0.533. The van der Waals surface area contributed by atoms with E-state index in [9.17, 15) is 4.79 Å². The fourth-order valence-corrected chi connectivity index (χ4v) is 2.85. The van der Waals surface area contributed by atoms with Gasteiger partial charge in [0.2, 0.25) is 5.91 Å². The first kappa shape index (κ1) is 13.1. The molecule has 0 atom stereocenters. The molecule has 0 aromatic rings. The van der Waals surface area contributed by atoms with Crippen molar-refractivity contribution in [3.05, 3.63) is 37.0 Å². The van der Waals surface area contributed by atoms with E-state index in [2.05, 4.69) is 11.9 Å². The van der Waals surface area contributed by atoms with E-state index in [1.807, 2.05) is 29.2 Å². The number of hydrogen-bond acceptors (Lipinski definition) is 2. The standard InChI is InChI=1S/C15H22N2O/c1-2-3-4-5-6-12-17-13-9-15(14(17)18)7-10-16-11-8-15/h2-6,16H,1,7-13H2/b4-3-,6-5+. The van der Waals surface area contributed by atoms with Gasteiger partial charge in [0.1, 0.15) is 0 Å². The van der Waals surface area contributed by atoms with Gasteiger partial charge in [0, 0.05) is 13.1 Å². The Bertz CT molecular complexity index is 365. The summed E-state index contributed by atoms with van der Waals surface area (Å²) in [5, 5.41) is 3.33. The van der Waals surface area contributed by atoms with Crippen LogP contribution < -0.4 is 5.32 Å². The van der Waals surface area contributed by atoms with Crippen LogP contribution in [0.4, 0.5) is 0 Å². The van der Waals surface area contributed by atoms with E-state index in [1.165, 1.54) is 0 Å². The highest BCUT2D eigenvalue weighted by Crippen LogP contribution is 2.39. The molecular formula is C15H22N2O. The van der Waals surface area contributed by atoms with Crippen LogP contribution in [-0.4, -0.2) is 37.0 Å². The minimum Gasteiger partial charge on any atom is -0.338 e. The minimum atomic E-state index is -0.0456. The summed E-state index contributed by atoms with van der Waals surface area (Å²) in [7, 11) is 0. The summed E-state index contributed by atoms with van der Waals surface area (Å²) in [6.45, 7) is 7.22. The minimum absolute atomic E-state index is 0.0456. The lowest BCUT2D eigenvalue weighted by molar-refractivity contribution is -0.136. The maximum Gasteiger partial charge on any atom is 0.229 e. The van der Waals surface area contributed by atoms with Crippen LogP contribution in [0.1, 0.15) is 19.3 Å². The largest absolute Gasteiger partial charge is 0.338 e. The Labute approximate surface area is 109 Å². The number of carbonyl (C=O) groups is 1. The van der Waals surface area contributed by atoms with E-state index in [4.69, 9.17) is 0 Å². The van der Waals surface area contributed by atoms with Crippen molar-refractivity contribution in [2.75, 3.05) is 26.2 Å². The van der Waals surface area contributed by atoms with Crippen LogP contribution in [0.3, 0.4) is 0 Å². The molecule has 2 heterocycles. The van der Waals surface area contributed by atoms with Crippen molar-refractivity contribution in [3.63, 3.8) is 0 Å². The van der Waals surface area contributed by atoms with Gasteiger partial charge in [0.15, 0.2) is 0 Å². The van der Waals surface area contributed by atoms with Crippen molar-refractivity contribution < 1.29 is 4.79 Å². The molecule has 1 N–H and O–H groups in total. The molecule has 2 aliphatic rings. The van der Waals surface area contributed by atoms with Crippen LogP contribution >= 0.6 is 0 Å². The number of amides is 1. The van der Waals surface area contributed by atoms with Crippen molar-refractivity contribution >= 4 is 5.91 Å². The Balaban J connectivity index is 1.89. The van der Waals surface area contributed by atoms with Gasteiger partial charge in [0.25, 0.3) is 0 Å². The van der Waals surface area contributed by atoms with Gasteiger partial charge in [-0.3, -0.25) is 4.79 Å². The summed E-state index contributed by atoms with van der Waals surface area (Å²) in [4.78, 5) is 14.4. The van der Waals surface area contributed by atoms with Crippen LogP contribution in [0.2, 0.25) is 0 Å². The molecule has 2 fully saturated rings. The molecule has 98 valence electrons. The van der Waals surface area contributed by atoms with Crippen molar-refractivity contribution in [2.24, 2.45) is 5.41 Å². The highest BCUT2D eigenvalue weighted by atomic mass is 16.2. The summed E-state index contributed by atoms with van der Waals surface area (Å²) < 4.78 is 0. The van der Waals surface area contributed by atoms with Crippen molar-refractivity contribution in [1.29, 1.82) is 0 Å². The second kappa shape index (κ2) is 6.01. The molecule has 0 bridgehead atoms. The lowest BCUT2D eigenvalue weighted by Crippen LogP contribution is -2.42. The molecule has 0 saturated carbocycles. The second-order valence-electron chi connectivity index (χ2n) is 5.08. The number of carbonyl (C=O) groups excluding carboxylic acids is 1. The molecule has 1 spiro atoms. The van der Waals surface area contributed by atoms with Crippen molar-refractivity contribution in [2.45, 2.75) is 19.3 Å². The normalized spacial score (nSPS) is 23.6. The van der Waals surface area contributed by atoms with Gasteiger partial charge in [-0.2, -0.15) is 0 Å². The van der Waals surface area contributed by atoms with Crippen LogP contribution in [0, 0.1) is 5.41 Å². The molecule has 1 amide bonds. The maximum absolute atomic E-state index is 12.4. The van der Waals surface area contributed by atoms with E-state index in [-0.39, 0.29) is 5.41 Å². The molecule has 0 unspecified atom stereocenters. The first-order valence-electron chi connectivity index (χ1n) is 6.73. The highest BCUT2D eigenvalue weighted by molar-refractivity contribution is 5.85. The fourth-order valence-electron chi connectivity index (χ4n) is 2.85. The molecule has 2 rings (SSSR count). The Morgan fingerprint density at radius 1 is 1.22 bits per heavy atom. The van der Waals surface area contributed by atoms with E-state index < -0.39 is 0 Å².